The summed E-state index contributed by atoms with van der Waals surface area (Å²) in [7, 11) is 2.08. The Balaban J connectivity index is 1.33. The molecule has 5 rings (SSSR count). The summed E-state index contributed by atoms with van der Waals surface area (Å²) in [5.74, 6) is -0.00315. The highest BCUT2D eigenvalue weighted by Gasteiger charge is 2.25. The van der Waals surface area contributed by atoms with Crippen LogP contribution in [0.1, 0.15) is 48.2 Å². The molecule has 3 heterocycles. The van der Waals surface area contributed by atoms with Crippen molar-refractivity contribution in [2.45, 2.75) is 32.1 Å². The fraction of sp³-hybridized carbons (Fsp3) is 0.267. The molecule has 0 aliphatic carbocycles. The van der Waals surface area contributed by atoms with Crippen LogP contribution in [-0.2, 0) is 5.41 Å². The number of aromatic nitrogens is 3. The highest BCUT2D eigenvalue weighted by molar-refractivity contribution is 6.04. The SMILES string of the molecule is CN1CC(c2ccc(Nc3cc(-c4ccc(F)c(NC(=O)c5ccc(C(C)(C)C)cc5)c4)n[nH]c3=O)nc2)C1. The number of anilines is 3. The fourth-order valence-electron chi connectivity index (χ4n) is 4.51. The van der Waals surface area contributed by atoms with Crippen LogP contribution in [0.25, 0.3) is 11.3 Å². The van der Waals surface area contributed by atoms with Crippen molar-refractivity contribution in [3.63, 3.8) is 0 Å². The summed E-state index contributed by atoms with van der Waals surface area (Å²) in [5, 5.41) is 12.3. The first-order valence-electron chi connectivity index (χ1n) is 12.8. The minimum absolute atomic E-state index is 0.0128. The third kappa shape index (κ3) is 5.88. The van der Waals surface area contributed by atoms with Crippen LogP contribution in [0, 0.1) is 5.82 Å². The van der Waals surface area contributed by atoms with Gasteiger partial charge in [0.2, 0.25) is 0 Å². The van der Waals surface area contributed by atoms with Crippen molar-refractivity contribution in [1.29, 1.82) is 0 Å². The second-order valence-corrected chi connectivity index (χ2v) is 11.0. The lowest BCUT2D eigenvalue weighted by Gasteiger charge is -2.36. The molecular weight excluding hydrogens is 495 g/mol. The molecule has 2 aromatic carbocycles. The summed E-state index contributed by atoms with van der Waals surface area (Å²) in [5.41, 5.74) is 3.40. The van der Waals surface area contributed by atoms with Gasteiger partial charge in [0.1, 0.15) is 17.3 Å². The number of carbonyl (C=O) groups is 1. The van der Waals surface area contributed by atoms with E-state index in [1.54, 1.807) is 18.2 Å². The quantitative estimate of drug-likeness (QED) is 0.315. The number of halogens is 1. The number of hydrogen-bond acceptors (Lipinski definition) is 6. The van der Waals surface area contributed by atoms with Crippen molar-refractivity contribution in [1.82, 2.24) is 20.1 Å². The van der Waals surface area contributed by atoms with Gasteiger partial charge in [-0.05, 0) is 66.1 Å². The van der Waals surface area contributed by atoms with Gasteiger partial charge in [-0.25, -0.2) is 14.5 Å². The molecule has 0 atom stereocenters. The van der Waals surface area contributed by atoms with Gasteiger partial charge in [-0.15, -0.1) is 0 Å². The molecule has 0 spiro atoms. The predicted molar refractivity (Wildman–Crippen MR) is 151 cm³/mol. The van der Waals surface area contributed by atoms with Crippen LogP contribution >= 0.6 is 0 Å². The van der Waals surface area contributed by atoms with E-state index in [-0.39, 0.29) is 16.8 Å². The molecule has 1 amide bonds. The van der Waals surface area contributed by atoms with Gasteiger partial charge in [-0.3, -0.25) is 9.59 Å². The number of likely N-dealkylation sites (N-methyl/N-ethyl adjacent to an activating group) is 1. The Kier molecular flexibility index (Phi) is 7.01. The van der Waals surface area contributed by atoms with Gasteiger partial charge in [0.25, 0.3) is 11.5 Å². The molecule has 2 aromatic heterocycles. The topological polar surface area (TPSA) is 103 Å². The number of H-pyrrole nitrogens is 1. The largest absolute Gasteiger partial charge is 0.336 e. The molecule has 3 N–H and O–H groups in total. The average Bonchev–Trinajstić information content (AvgIpc) is 2.89. The maximum Gasteiger partial charge on any atom is 0.287 e. The van der Waals surface area contributed by atoms with E-state index in [1.807, 2.05) is 30.5 Å². The molecule has 8 nitrogen and oxygen atoms in total. The van der Waals surface area contributed by atoms with Gasteiger partial charge in [0, 0.05) is 36.3 Å². The normalized spacial score (nSPS) is 14.1. The minimum Gasteiger partial charge on any atom is -0.336 e. The summed E-state index contributed by atoms with van der Waals surface area (Å²) in [6.07, 6.45) is 1.82. The van der Waals surface area contributed by atoms with Gasteiger partial charge in [-0.2, -0.15) is 5.10 Å². The number of amides is 1. The van der Waals surface area contributed by atoms with Crippen LogP contribution < -0.4 is 16.2 Å². The van der Waals surface area contributed by atoms with Crippen molar-refractivity contribution < 1.29 is 9.18 Å². The molecule has 9 heteroatoms. The second kappa shape index (κ2) is 10.4. The van der Waals surface area contributed by atoms with Crippen molar-refractivity contribution in [2.24, 2.45) is 0 Å². The Bertz CT molecular complexity index is 1550. The average molecular weight is 527 g/mol. The van der Waals surface area contributed by atoms with Crippen molar-refractivity contribution in [3.8, 4) is 11.3 Å². The molecule has 0 saturated carbocycles. The molecule has 1 saturated heterocycles. The zero-order valence-electron chi connectivity index (χ0n) is 22.4. The van der Waals surface area contributed by atoms with E-state index in [0.29, 0.717) is 28.6 Å². The van der Waals surface area contributed by atoms with Gasteiger partial charge in [0.05, 0.1) is 11.4 Å². The van der Waals surface area contributed by atoms with Gasteiger partial charge in [0.15, 0.2) is 0 Å². The summed E-state index contributed by atoms with van der Waals surface area (Å²) >= 11 is 0. The van der Waals surface area contributed by atoms with Gasteiger partial charge in [-0.1, -0.05) is 39.0 Å². The monoisotopic (exact) mass is 526 g/mol. The van der Waals surface area contributed by atoms with E-state index < -0.39 is 17.3 Å². The molecule has 200 valence electrons. The molecule has 39 heavy (non-hydrogen) atoms. The summed E-state index contributed by atoms with van der Waals surface area (Å²) in [6, 6.07) is 16.9. The Morgan fingerprint density at radius 3 is 2.41 bits per heavy atom. The number of carbonyl (C=O) groups excluding carboxylic acids is 1. The van der Waals surface area contributed by atoms with E-state index >= 15 is 0 Å². The van der Waals surface area contributed by atoms with Crippen LogP contribution in [0.15, 0.2) is 71.7 Å². The number of likely N-dealkylation sites (tertiary alicyclic amines) is 1. The zero-order valence-corrected chi connectivity index (χ0v) is 22.4. The molecule has 0 unspecified atom stereocenters. The molecule has 1 aliphatic rings. The number of nitrogens with zero attached hydrogens (tertiary/aromatic N) is 3. The van der Waals surface area contributed by atoms with E-state index in [2.05, 4.69) is 58.5 Å². The van der Waals surface area contributed by atoms with E-state index in [0.717, 1.165) is 24.2 Å². The number of pyridine rings is 1. The minimum atomic E-state index is -0.580. The van der Waals surface area contributed by atoms with Crippen LogP contribution in [0.5, 0.6) is 0 Å². The van der Waals surface area contributed by atoms with Crippen LogP contribution in [-0.4, -0.2) is 46.1 Å². The third-order valence-corrected chi connectivity index (χ3v) is 6.91. The first kappa shape index (κ1) is 26.2. The highest BCUT2D eigenvalue weighted by Crippen LogP contribution is 2.28. The Morgan fingerprint density at radius 2 is 1.77 bits per heavy atom. The number of hydrogen-bond donors (Lipinski definition) is 3. The fourth-order valence-corrected chi connectivity index (χ4v) is 4.51. The van der Waals surface area contributed by atoms with E-state index in [9.17, 15) is 14.0 Å². The van der Waals surface area contributed by atoms with Crippen LogP contribution in [0.2, 0.25) is 0 Å². The Labute approximate surface area is 226 Å². The Morgan fingerprint density at radius 1 is 1.03 bits per heavy atom. The van der Waals surface area contributed by atoms with Crippen molar-refractivity contribution in [2.75, 3.05) is 30.8 Å². The first-order chi connectivity index (χ1) is 18.6. The van der Waals surface area contributed by atoms with Gasteiger partial charge >= 0.3 is 0 Å². The molecular formula is C30H31FN6O2. The lowest BCUT2D eigenvalue weighted by molar-refractivity contribution is 0.102. The predicted octanol–water partition coefficient (Wildman–Crippen LogP) is 5.29. The summed E-state index contributed by atoms with van der Waals surface area (Å²) in [4.78, 5) is 32.0. The second-order valence-electron chi connectivity index (χ2n) is 11.0. The molecule has 1 aliphatic heterocycles. The Hall–Kier alpha value is -4.37. The molecule has 1 fully saturated rings. The highest BCUT2D eigenvalue weighted by atomic mass is 19.1. The number of aromatic amines is 1. The molecule has 0 radical (unpaired) electrons. The molecule has 0 bridgehead atoms. The first-order valence-corrected chi connectivity index (χ1v) is 12.8. The molecule has 4 aromatic rings. The van der Waals surface area contributed by atoms with Crippen LogP contribution in [0.3, 0.4) is 0 Å². The van der Waals surface area contributed by atoms with Crippen LogP contribution in [0.4, 0.5) is 21.6 Å². The maximum absolute atomic E-state index is 14.6. The zero-order chi connectivity index (χ0) is 27.7. The van der Waals surface area contributed by atoms with Crippen molar-refractivity contribution >= 4 is 23.1 Å². The van der Waals surface area contributed by atoms with Gasteiger partial charge < -0.3 is 15.5 Å². The smallest absolute Gasteiger partial charge is 0.287 e. The lowest BCUT2D eigenvalue weighted by Crippen LogP contribution is -2.41. The van der Waals surface area contributed by atoms with E-state index in [1.165, 1.54) is 18.2 Å². The summed E-state index contributed by atoms with van der Waals surface area (Å²) in [6.45, 7) is 8.29. The number of rotatable bonds is 6. The van der Waals surface area contributed by atoms with Crippen molar-refractivity contribution in [3.05, 3.63) is 99.7 Å². The maximum atomic E-state index is 14.6. The lowest BCUT2D eigenvalue weighted by atomic mass is 9.87. The number of nitrogens with one attached hydrogen (secondary N) is 3. The number of benzene rings is 2. The standard InChI is InChI=1S/C30H31FN6O2/c1-30(2,3)22-9-5-18(6-10-22)28(38)34-25-13-19(7-11-23(25)31)24-14-26(29(39)36-35-24)33-27-12-8-20(15-32-27)21-16-37(4)17-21/h5-15,21H,16-17H2,1-4H3,(H,34,38)(H,36,39)(H,32,33,35). The van der Waals surface area contributed by atoms with E-state index in [4.69, 9.17) is 0 Å². The third-order valence-electron chi connectivity index (χ3n) is 6.91. The summed E-state index contributed by atoms with van der Waals surface area (Å²) < 4.78 is 14.6.